The molecule has 1 saturated heterocycles. The Labute approximate surface area is 148 Å². The van der Waals surface area contributed by atoms with E-state index in [0.29, 0.717) is 21.4 Å². The molecule has 0 radical (unpaired) electrons. The van der Waals surface area contributed by atoms with E-state index in [0.717, 1.165) is 0 Å². The van der Waals surface area contributed by atoms with Crippen molar-refractivity contribution in [2.24, 2.45) is 5.92 Å². The smallest absolute Gasteiger partial charge is 0.229 e. The van der Waals surface area contributed by atoms with Crippen molar-refractivity contribution in [1.29, 1.82) is 0 Å². The molecule has 0 aromatic heterocycles. The van der Waals surface area contributed by atoms with E-state index in [1.807, 2.05) is 0 Å². The van der Waals surface area contributed by atoms with Gasteiger partial charge in [0, 0.05) is 18.7 Å². The molecule has 1 atom stereocenters. The molecule has 0 saturated carbocycles. The van der Waals surface area contributed by atoms with Gasteiger partial charge in [-0.15, -0.1) is 0 Å². The summed E-state index contributed by atoms with van der Waals surface area (Å²) in [6, 6.07) is 10.5. The summed E-state index contributed by atoms with van der Waals surface area (Å²) in [5, 5.41) is 3.32. The van der Waals surface area contributed by atoms with Crippen LogP contribution in [-0.4, -0.2) is 18.4 Å². The summed E-state index contributed by atoms with van der Waals surface area (Å²) < 4.78 is 13.2. The Balaban J connectivity index is 1.76. The molecule has 1 heterocycles. The van der Waals surface area contributed by atoms with Gasteiger partial charge >= 0.3 is 0 Å². The van der Waals surface area contributed by atoms with Gasteiger partial charge in [0.2, 0.25) is 11.8 Å². The van der Waals surface area contributed by atoms with Crippen molar-refractivity contribution in [3.05, 3.63) is 58.3 Å². The Hall–Kier alpha value is -2.11. The molecule has 1 aliphatic rings. The maximum atomic E-state index is 13.2. The van der Waals surface area contributed by atoms with Crippen LogP contribution in [0.5, 0.6) is 0 Å². The molecule has 24 heavy (non-hydrogen) atoms. The summed E-state index contributed by atoms with van der Waals surface area (Å²) in [5.41, 5.74) is 0.758. The minimum atomic E-state index is -0.562. The summed E-state index contributed by atoms with van der Waals surface area (Å²) in [4.78, 5) is 26.0. The third kappa shape index (κ3) is 3.37. The van der Waals surface area contributed by atoms with Crippen molar-refractivity contribution in [2.75, 3.05) is 16.8 Å². The highest BCUT2D eigenvalue weighted by molar-refractivity contribution is 6.40. The predicted molar refractivity (Wildman–Crippen MR) is 92.0 cm³/mol. The van der Waals surface area contributed by atoms with Crippen molar-refractivity contribution in [3.63, 3.8) is 0 Å². The van der Waals surface area contributed by atoms with Gasteiger partial charge in [-0.2, -0.15) is 0 Å². The number of nitrogens with zero attached hydrogens (tertiary/aromatic N) is 1. The predicted octanol–water partition coefficient (Wildman–Crippen LogP) is 4.12. The first-order valence-corrected chi connectivity index (χ1v) is 8.02. The number of hydrogen-bond acceptors (Lipinski definition) is 2. The Kier molecular flexibility index (Phi) is 4.73. The Morgan fingerprint density at radius 1 is 1.17 bits per heavy atom. The van der Waals surface area contributed by atoms with Gasteiger partial charge in [0.15, 0.2) is 0 Å². The summed E-state index contributed by atoms with van der Waals surface area (Å²) in [7, 11) is 0. The van der Waals surface area contributed by atoms with Crippen LogP contribution in [0.4, 0.5) is 15.8 Å². The zero-order valence-electron chi connectivity index (χ0n) is 12.4. The highest BCUT2D eigenvalue weighted by Crippen LogP contribution is 2.37. The van der Waals surface area contributed by atoms with Crippen LogP contribution in [0.1, 0.15) is 6.42 Å². The van der Waals surface area contributed by atoms with E-state index in [9.17, 15) is 14.0 Å². The van der Waals surface area contributed by atoms with Crippen LogP contribution < -0.4 is 10.2 Å². The minimum Gasteiger partial charge on any atom is -0.326 e. The topological polar surface area (TPSA) is 49.4 Å². The van der Waals surface area contributed by atoms with Crippen LogP contribution in [0, 0.1) is 11.7 Å². The lowest BCUT2D eigenvalue weighted by Crippen LogP contribution is -2.28. The average molecular weight is 367 g/mol. The molecule has 124 valence electrons. The van der Waals surface area contributed by atoms with E-state index in [1.165, 1.54) is 23.1 Å². The molecule has 2 amide bonds. The molecular weight excluding hydrogens is 354 g/mol. The lowest BCUT2D eigenvalue weighted by Gasteiger charge is -2.19. The molecule has 7 heteroatoms. The number of rotatable bonds is 3. The van der Waals surface area contributed by atoms with E-state index in [1.54, 1.807) is 24.3 Å². The molecule has 0 bridgehead atoms. The van der Waals surface area contributed by atoms with Crippen LogP contribution in [0.15, 0.2) is 42.5 Å². The molecule has 1 N–H and O–H groups in total. The number of carbonyl (C=O) groups is 2. The zero-order valence-corrected chi connectivity index (χ0v) is 13.9. The Morgan fingerprint density at radius 3 is 2.50 bits per heavy atom. The van der Waals surface area contributed by atoms with Crippen molar-refractivity contribution in [3.8, 4) is 0 Å². The molecule has 1 unspecified atom stereocenters. The molecule has 0 spiro atoms. The van der Waals surface area contributed by atoms with Crippen molar-refractivity contribution >= 4 is 46.4 Å². The van der Waals surface area contributed by atoms with Gasteiger partial charge in [-0.1, -0.05) is 35.3 Å². The van der Waals surface area contributed by atoms with Crippen LogP contribution in [0.3, 0.4) is 0 Å². The summed E-state index contributed by atoms with van der Waals surface area (Å²) in [6.07, 6.45) is 0.0443. The largest absolute Gasteiger partial charge is 0.326 e. The van der Waals surface area contributed by atoms with Crippen LogP contribution in [-0.2, 0) is 9.59 Å². The van der Waals surface area contributed by atoms with Gasteiger partial charge in [0.25, 0.3) is 0 Å². The Morgan fingerprint density at radius 2 is 1.83 bits per heavy atom. The number of nitrogens with one attached hydrogen (secondary N) is 1. The average Bonchev–Trinajstić information content (AvgIpc) is 2.89. The lowest BCUT2D eigenvalue weighted by atomic mass is 10.1. The second-order valence-electron chi connectivity index (χ2n) is 5.48. The fraction of sp³-hybridized carbons (Fsp3) is 0.176. The standard InChI is InChI=1S/C17H13Cl2FN2O2/c18-13-5-2-6-14(19)16(13)22-9-10(7-15(22)23)17(24)21-12-4-1-3-11(20)8-12/h1-6,8,10H,7,9H2,(H,21,24). The number of amides is 2. The molecule has 1 fully saturated rings. The first-order valence-electron chi connectivity index (χ1n) is 7.26. The number of carbonyl (C=O) groups excluding carboxylic acids is 2. The third-order valence-electron chi connectivity index (χ3n) is 3.80. The number of para-hydroxylation sites is 1. The van der Waals surface area contributed by atoms with Crippen molar-refractivity contribution in [2.45, 2.75) is 6.42 Å². The quantitative estimate of drug-likeness (QED) is 0.887. The molecule has 0 aliphatic carbocycles. The minimum absolute atomic E-state index is 0.0443. The summed E-state index contributed by atoms with van der Waals surface area (Å²) in [5.74, 6) is -1.59. The van der Waals surface area contributed by atoms with Gasteiger partial charge in [0.05, 0.1) is 21.7 Å². The fourth-order valence-corrected chi connectivity index (χ4v) is 3.26. The van der Waals surface area contributed by atoms with Gasteiger partial charge in [-0.05, 0) is 30.3 Å². The SMILES string of the molecule is O=C(Nc1cccc(F)c1)C1CC(=O)N(c2c(Cl)cccc2Cl)C1. The fourth-order valence-electron chi connectivity index (χ4n) is 2.66. The number of hydrogen-bond donors (Lipinski definition) is 1. The summed E-state index contributed by atoms with van der Waals surface area (Å²) >= 11 is 12.3. The Bertz CT molecular complexity index is 793. The normalized spacial score (nSPS) is 17.2. The molecule has 2 aromatic carbocycles. The first-order chi connectivity index (χ1) is 11.5. The monoisotopic (exact) mass is 366 g/mol. The molecule has 4 nitrogen and oxygen atoms in total. The van der Waals surface area contributed by atoms with Crippen molar-refractivity contribution < 1.29 is 14.0 Å². The maximum Gasteiger partial charge on any atom is 0.229 e. The number of halogens is 3. The molecule has 2 aromatic rings. The summed E-state index contributed by atoms with van der Waals surface area (Å²) in [6.45, 7) is 0.170. The van der Waals surface area contributed by atoms with Crippen LogP contribution in [0.25, 0.3) is 0 Å². The van der Waals surface area contributed by atoms with Gasteiger partial charge in [-0.25, -0.2) is 4.39 Å². The third-order valence-corrected chi connectivity index (χ3v) is 4.41. The second kappa shape index (κ2) is 6.79. The van der Waals surface area contributed by atoms with Gasteiger partial charge < -0.3 is 10.2 Å². The van der Waals surface area contributed by atoms with Crippen LogP contribution >= 0.6 is 23.2 Å². The number of benzene rings is 2. The zero-order chi connectivity index (χ0) is 17.3. The molecular formula is C17H13Cl2FN2O2. The van der Waals surface area contributed by atoms with E-state index >= 15 is 0 Å². The van der Waals surface area contributed by atoms with Crippen LogP contribution in [0.2, 0.25) is 10.0 Å². The molecule has 3 rings (SSSR count). The van der Waals surface area contributed by atoms with E-state index < -0.39 is 11.7 Å². The second-order valence-corrected chi connectivity index (χ2v) is 6.29. The molecule has 1 aliphatic heterocycles. The lowest BCUT2D eigenvalue weighted by molar-refractivity contribution is -0.122. The van der Waals surface area contributed by atoms with Gasteiger partial charge in [-0.3, -0.25) is 9.59 Å². The van der Waals surface area contributed by atoms with E-state index in [-0.39, 0.29) is 24.8 Å². The van der Waals surface area contributed by atoms with E-state index in [2.05, 4.69) is 5.32 Å². The highest BCUT2D eigenvalue weighted by atomic mass is 35.5. The first kappa shape index (κ1) is 16.7. The van der Waals surface area contributed by atoms with E-state index in [4.69, 9.17) is 23.2 Å². The number of anilines is 2. The van der Waals surface area contributed by atoms with Gasteiger partial charge in [0.1, 0.15) is 5.82 Å². The highest BCUT2D eigenvalue weighted by Gasteiger charge is 2.36. The van der Waals surface area contributed by atoms with Crippen molar-refractivity contribution in [1.82, 2.24) is 0 Å². The maximum absolute atomic E-state index is 13.2.